The van der Waals surface area contributed by atoms with Crippen molar-refractivity contribution in [1.29, 1.82) is 0 Å². The summed E-state index contributed by atoms with van der Waals surface area (Å²) in [6.45, 7) is -0.427. The standard InChI is InChI=1S/C32H38N2O6/c1-39-29-15-9-8-14-26(29)28(35)21-40-32(38)22-16-18-25(19-17-22)34-30(36)20-27(31(34)37)33(23-10-4-2-5-11-23)24-12-6-3-7-13-24/h8-9,14-19,23-24,27H,2-7,10-13,20-21H2,1H3. The van der Waals surface area contributed by atoms with E-state index in [0.717, 1.165) is 25.7 Å². The van der Waals surface area contributed by atoms with Gasteiger partial charge in [0.25, 0.3) is 5.91 Å². The number of hydrogen-bond acceptors (Lipinski definition) is 7. The summed E-state index contributed by atoms with van der Waals surface area (Å²) in [4.78, 5) is 55.8. The van der Waals surface area contributed by atoms with Gasteiger partial charge in [-0.05, 0) is 62.1 Å². The van der Waals surface area contributed by atoms with Gasteiger partial charge in [-0.1, -0.05) is 50.7 Å². The number of rotatable bonds is 9. The molecule has 40 heavy (non-hydrogen) atoms. The molecule has 3 fully saturated rings. The summed E-state index contributed by atoms with van der Waals surface area (Å²) >= 11 is 0. The van der Waals surface area contributed by atoms with Crippen LogP contribution in [0.5, 0.6) is 5.75 Å². The fourth-order valence-corrected chi connectivity index (χ4v) is 6.60. The molecule has 2 saturated carbocycles. The number of Topliss-reactive ketones (excluding diaryl/α,β-unsaturated/α-hetero) is 1. The van der Waals surface area contributed by atoms with Crippen LogP contribution in [-0.2, 0) is 14.3 Å². The lowest BCUT2D eigenvalue weighted by Gasteiger charge is -2.44. The average Bonchev–Trinajstić information content (AvgIpc) is 3.29. The molecule has 0 bridgehead atoms. The summed E-state index contributed by atoms with van der Waals surface area (Å²) in [7, 11) is 1.47. The van der Waals surface area contributed by atoms with E-state index in [-0.39, 0.29) is 29.6 Å². The molecule has 1 heterocycles. The van der Waals surface area contributed by atoms with Crippen molar-refractivity contribution >= 4 is 29.3 Å². The van der Waals surface area contributed by atoms with Crippen LogP contribution >= 0.6 is 0 Å². The second kappa shape index (κ2) is 12.8. The zero-order valence-corrected chi connectivity index (χ0v) is 23.2. The van der Waals surface area contributed by atoms with Gasteiger partial charge in [-0.25, -0.2) is 9.69 Å². The van der Waals surface area contributed by atoms with Crippen LogP contribution in [-0.4, -0.2) is 60.3 Å². The molecule has 2 aliphatic carbocycles. The Bertz CT molecular complexity index is 1210. The van der Waals surface area contributed by atoms with Gasteiger partial charge in [0.1, 0.15) is 5.75 Å². The van der Waals surface area contributed by atoms with Gasteiger partial charge in [-0.3, -0.25) is 19.3 Å². The normalized spacial score (nSPS) is 20.6. The Hall–Kier alpha value is -3.52. The van der Waals surface area contributed by atoms with Crippen molar-refractivity contribution in [2.75, 3.05) is 18.6 Å². The average molecular weight is 547 g/mol. The summed E-state index contributed by atoms with van der Waals surface area (Å²) < 4.78 is 10.4. The van der Waals surface area contributed by atoms with Crippen molar-refractivity contribution in [1.82, 2.24) is 4.90 Å². The monoisotopic (exact) mass is 546 g/mol. The lowest BCUT2D eigenvalue weighted by Crippen LogP contribution is -2.53. The summed E-state index contributed by atoms with van der Waals surface area (Å²) in [5.41, 5.74) is 1.02. The Morgan fingerprint density at radius 1 is 0.850 bits per heavy atom. The summed E-state index contributed by atoms with van der Waals surface area (Å²) in [6.07, 6.45) is 11.7. The SMILES string of the molecule is COc1ccccc1C(=O)COC(=O)c1ccc(N2C(=O)CC(N(C3CCCCC3)C3CCCCC3)C2=O)cc1. The molecule has 0 N–H and O–H groups in total. The summed E-state index contributed by atoms with van der Waals surface area (Å²) in [5, 5.41) is 0. The fraction of sp³-hybridized carbons (Fsp3) is 0.500. The van der Waals surface area contributed by atoms with Crippen LogP contribution in [0.2, 0.25) is 0 Å². The van der Waals surface area contributed by atoms with Crippen molar-refractivity contribution in [3.8, 4) is 5.75 Å². The Kier molecular flexibility index (Phi) is 8.94. The minimum Gasteiger partial charge on any atom is -0.496 e. The van der Waals surface area contributed by atoms with Gasteiger partial charge in [0, 0.05) is 12.1 Å². The molecule has 3 aliphatic rings. The molecule has 2 aromatic rings. The van der Waals surface area contributed by atoms with E-state index in [1.807, 2.05) is 0 Å². The number of benzene rings is 2. The number of hydrogen-bond donors (Lipinski definition) is 0. The topological polar surface area (TPSA) is 93.2 Å². The Morgan fingerprint density at radius 3 is 2.05 bits per heavy atom. The first kappa shape index (κ1) is 28.0. The number of methoxy groups -OCH3 is 1. The third-order valence-corrected chi connectivity index (χ3v) is 8.58. The third-order valence-electron chi connectivity index (χ3n) is 8.58. The van der Waals surface area contributed by atoms with Gasteiger partial charge in [0.2, 0.25) is 11.7 Å². The maximum absolute atomic E-state index is 13.8. The van der Waals surface area contributed by atoms with Crippen LogP contribution in [0.15, 0.2) is 48.5 Å². The largest absolute Gasteiger partial charge is 0.496 e. The highest BCUT2D eigenvalue weighted by molar-refractivity contribution is 6.22. The highest BCUT2D eigenvalue weighted by Gasteiger charge is 2.47. The number of ether oxygens (including phenoxy) is 2. The smallest absolute Gasteiger partial charge is 0.338 e. The van der Waals surface area contributed by atoms with E-state index < -0.39 is 18.6 Å². The molecule has 212 valence electrons. The second-order valence-electron chi connectivity index (χ2n) is 11.1. The number of carbonyl (C=O) groups is 4. The second-order valence-corrected chi connectivity index (χ2v) is 11.1. The number of ketones is 1. The predicted molar refractivity (Wildman–Crippen MR) is 151 cm³/mol. The van der Waals surface area contributed by atoms with E-state index in [1.165, 1.54) is 62.7 Å². The minimum absolute atomic E-state index is 0.168. The van der Waals surface area contributed by atoms with Crippen LogP contribution in [0.1, 0.15) is 91.3 Å². The Balaban J connectivity index is 1.26. The Morgan fingerprint density at radius 2 is 1.45 bits per heavy atom. The first-order valence-electron chi connectivity index (χ1n) is 14.6. The predicted octanol–water partition coefficient (Wildman–Crippen LogP) is 5.33. The number of anilines is 1. The van der Waals surface area contributed by atoms with E-state index in [4.69, 9.17) is 9.47 Å². The van der Waals surface area contributed by atoms with E-state index in [1.54, 1.807) is 36.4 Å². The Labute approximate surface area is 235 Å². The van der Waals surface area contributed by atoms with Crippen LogP contribution < -0.4 is 9.64 Å². The molecule has 2 aromatic carbocycles. The van der Waals surface area contributed by atoms with Crippen molar-refractivity contribution in [2.24, 2.45) is 0 Å². The molecule has 5 rings (SSSR count). The number of nitrogens with zero attached hydrogens (tertiary/aromatic N) is 2. The number of carbonyl (C=O) groups excluding carboxylic acids is 4. The van der Waals surface area contributed by atoms with Crippen LogP contribution in [0.25, 0.3) is 0 Å². The van der Waals surface area contributed by atoms with Crippen LogP contribution in [0.4, 0.5) is 5.69 Å². The molecule has 0 radical (unpaired) electrons. The first-order chi connectivity index (χ1) is 19.5. The molecule has 8 heteroatoms. The zero-order valence-electron chi connectivity index (χ0n) is 23.2. The lowest BCUT2D eigenvalue weighted by atomic mass is 9.87. The summed E-state index contributed by atoms with van der Waals surface area (Å²) in [5.74, 6) is -0.991. The van der Waals surface area contributed by atoms with Gasteiger partial charge < -0.3 is 9.47 Å². The number of amides is 2. The number of para-hydroxylation sites is 1. The van der Waals surface area contributed by atoms with Crippen LogP contribution in [0.3, 0.4) is 0 Å². The molecule has 0 spiro atoms. The highest BCUT2D eigenvalue weighted by Crippen LogP contribution is 2.36. The number of esters is 1. The van der Waals surface area contributed by atoms with Gasteiger partial charge in [-0.15, -0.1) is 0 Å². The van der Waals surface area contributed by atoms with Crippen molar-refractivity contribution < 1.29 is 28.7 Å². The van der Waals surface area contributed by atoms with E-state index >= 15 is 0 Å². The van der Waals surface area contributed by atoms with Crippen molar-refractivity contribution in [2.45, 2.75) is 88.8 Å². The molecular formula is C32H38N2O6. The van der Waals surface area contributed by atoms with E-state index in [0.29, 0.717) is 29.1 Å². The number of imide groups is 1. The van der Waals surface area contributed by atoms with Crippen molar-refractivity contribution in [3.05, 3.63) is 59.7 Å². The molecule has 1 saturated heterocycles. The maximum atomic E-state index is 13.8. The minimum atomic E-state index is -0.660. The molecule has 2 amide bonds. The van der Waals surface area contributed by atoms with Gasteiger partial charge >= 0.3 is 5.97 Å². The molecule has 1 aliphatic heterocycles. The molecule has 8 nitrogen and oxygen atoms in total. The van der Waals surface area contributed by atoms with Gasteiger partial charge in [0.05, 0.1) is 36.4 Å². The lowest BCUT2D eigenvalue weighted by molar-refractivity contribution is -0.124. The molecule has 1 unspecified atom stereocenters. The first-order valence-corrected chi connectivity index (χ1v) is 14.6. The summed E-state index contributed by atoms with van der Waals surface area (Å²) in [6, 6.07) is 13.3. The molecular weight excluding hydrogens is 508 g/mol. The highest BCUT2D eigenvalue weighted by atomic mass is 16.5. The van der Waals surface area contributed by atoms with E-state index in [2.05, 4.69) is 4.90 Å². The van der Waals surface area contributed by atoms with Gasteiger partial charge in [-0.2, -0.15) is 0 Å². The molecule has 0 aromatic heterocycles. The van der Waals surface area contributed by atoms with Crippen molar-refractivity contribution in [3.63, 3.8) is 0 Å². The van der Waals surface area contributed by atoms with Crippen LogP contribution in [0, 0.1) is 0 Å². The van der Waals surface area contributed by atoms with Gasteiger partial charge in [0.15, 0.2) is 6.61 Å². The fourth-order valence-electron chi connectivity index (χ4n) is 6.60. The molecule has 1 atom stereocenters. The maximum Gasteiger partial charge on any atom is 0.338 e. The van der Waals surface area contributed by atoms with E-state index in [9.17, 15) is 19.2 Å². The quantitative estimate of drug-likeness (QED) is 0.238. The third kappa shape index (κ3) is 5.97. The zero-order chi connectivity index (χ0) is 28.1.